The lowest BCUT2D eigenvalue weighted by molar-refractivity contribution is 0.360. The first kappa shape index (κ1) is 16.7. The van der Waals surface area contributed by atoms with Gasteiger partial charge >= 0.3 is 11.1 Å². The van der Waals surface area contributed by atoms with Crippen LogP contribution in [0, 0.1) is 0 Å². The molecule has 0 spiro atoms. The Morgan fingerprint density at radius 1 is 1.14 bits per heavy atom. The molecule has 0 radical (unpaired) electrons. The molecule has 1 fully saturated rings. The van der Waals surface area contributed by atoms with E-state index in [4.69, 9.17) is 4.52 Å². The molecule has 0 saturated heterocycles. The number of aryl methyl sites for hydroxylation is 1. The molecule has 1 N–H and O–H groups in total. The maximum Gasteiger partial charge on any atom is 0.316 e. The van der Waals surface area contributed by atoms with Gasteiger partial charge in [0.05, 0.1) is 16.4 Å². The number of aromatic amines is 1. The van der Waals surface area contributed by atoms with Crippen molar-refractivity contribution in [3.05, 3.63) is 80.7 Å². The van der Waals surface area contributed by atoms with Crippen molar-refractivity contribution in [2.75, 3.05) is 0 Å². The molecule has 0 atom stereocenters. The fourth-order valence-electron chi connectivity index (χ4n) is 3.78. The molecule has 7 heteroatoms. The zero-order valence-electron chi connectivity index (χ0n) is 15.3. The second-order valence-electron chi connectivity index (χ2n) is 7.11. The number of nitrogens with one attached hydrogen (secondary N) is 1. The summed E-state index contributed by atoms with van der Waals surface area (Å²) in [6.07, 6.45) is 1.96. The lowest BCUT2D eigenvalue weighted by Gasteiger charge is -2.09. The van der Waals surface area contributed by atoms with Crippen molar-refractivity contribution < 1.29 is 4.52 Å². The van der Waals surface area contributed by atoms with Gasteiger partial charge in [0.25, 0.3) is 0 Å². The summed E-state index contributed by atoms with van der Waals surface area (Å²) in [4.78, 5) is 31.2. The molecular formula is C21H18N4O3. The molecule has 0 unspecified atom stereocenters. The quantitative estimate of drug-likeness (QED) is 0.555. The predicted octanol–water partition coefficient (Wildman–Crippen LogP) is 2.84. The molecule has 28 heavy (non-hydrogen) atoms. The molecule has 0 bridgehead atoms. The van der Waals surface area contributed by atoms with Crippen molar-refractivity contribution in [2.45, 2.75) is 31.7 Å². The molecule has 5 rings (SSSR count). The van der Waals surface area contributed by atoms with Gasteiger partial charge in [0.2, 0.25) is 11.7 Å². The zero-order valence-corrected chi connectivity index (χ0v) is 15.3. The summed E-state index contributed by atoms with van der Waals surface area (Å²) in [5, 5.41) is 4.16. The Bertz CT molecular complexity index is 1300. The van der Waals surface area contributed by atoms with E-state index in [2.05, 4.69) is 27.3 Å². The molecule has 2 heterocycles. The van der Waals surface area contributed by atoms with Crippen LogP contribution in [0.3, 0.4) is 0 Å². The first-order valence-corrected chi connectivity index (χ1v) is 9.29. The first-order valence-electron chi connectivity index (χ1n) is 9.29. The molecule has 140 valence electrons. The van der Waals surface area contributed by atoms with E-state index < -0.39 is 11.1 Å². The Morgan fingerprint density at radius 3 is 2.64 bits per heavy atom. The van der Waals surface area contributed by atoms with Crippen molar-refractivity contribution in [1.82, 2.24) is 19.7 Å². The fraction of sp³-hybridized carbons (Fsp3) is 0.238. The Hall–Kier alpha value is -3.48. The van der Waals surface area contributed by atoms with Crippen molar-refractivity contribution in [3.63, 3.8) is 0 Å². The van der Waals surface area contributed by atoms with Gasteiger partial charge in [-0.3, -0.25) is 9.59 Å². The van der Waals surface area contributed by atoms with Crippen LogP contribution in [0.2, 0.25) is 0 Å². The summed E-state index contributed by atoms with van der Waals surface area (Å²) in [7, 11) is 0. The van der Waals surface area contributed by atoms with Gasteiger partial charge in [0, 0.05) is 12.1 Å². The highest BCUT2D eigenvalue weighted by Crippen LogP contribution is 2.52. The number of benzene rings is 2. The Morgan fingerprint density at radius 2 is 1.93 bits per heavy atom. The largest absolute Gasteiger partial charge is 0.338 e. The highest BCUT2D eigenvalue weighted by molar-refractivity contribution is 5.80. The van der Waals surface area contributed by atoms with Gasteiger partial charge < -0.3 is 14.1 Å². The van der Waals surface area contributed by atoms with E-state index in [1.54, 1.807) is 12.1 Å². The Balaban J connectivity index is 1.58. The lowest BCUT2D eigenvalue weighted by atomic mass is 9.96. The predicted molar refractivity (Wildman–Crippen MR) is 104 cm³/mol. The van der Waals surface area contributed by atoms with Gasteiger partial charge in [-0.05, 0) is 43.5 Å². The Kier molecular flexibility index (Phi) is 3.58. The molecule has 0 amide bonds. The van der Waals surface area contributed by atoms with E-state index in [9.17, 15) is 9.59 Å². The average molecular weight is 374 g/mol. The third kappa shape index (κ3) is 2.43. The van der Waals surface area contributed by atoms with Crippen LogP contribution in [0.5, 0.6) is 0 Å². The molecule has 2 aromatic heterocycles. The zero-order chi connectivity index (χ0) is 19.3. The summed E-state index contributed by atoms with van der Waals surface area (Å²) in [6, 6.07) is 15.6. The summed E-state index contributed by atoms with van der Waals surface area (Å²) >= 11 is 0. The number of nitrogens with zero attached hydrogens (tertiary/aromatic N) is 3. The lowest BCUT2D eigenvalue weighted by Crippen LogP contribution is -2.35. The minimum atomic E-state index is -0.638. The van der Waals surface area contributed by atoms with E-state index >= 15 is 0 Å². The van der Waals surface area contributed by atoms with Gasteiger partial charge in [0.1, 0.15) is 0 Å². The summed E-state index contributed by atoms with van der Waals surface area (Å²) in [5.74, 6) is 1.08. The van der Waals surface area contributed by atoms with Crippen molar-refractivity contribution in [2.24, 2.45) is 0 Å². The van der Waals surface area contributed by atoms with Crippen molar-refractivity contribution in [3.8, 4) is 11.4 Å². The standard InChI is InChI=1S/C21H18N4O3/c1-2-25-16-9-8-13(12-15(16)22-18(26)19(25)27)17-23-20(28-24-17)21(10-11-21)14-6-4-3-5-7-14/h3-9,12H,2,10-11H2,1H3,(H,22,26). The minimum absolute atomic E-state index is 0.194. The van der Waals surface area contributed by atoms with Crippen LogP contribution < -0.4 is 11.1 Å². The van der Waals surface area contributed by atoms with Crippen LogP contribution in [0.25, 0.3) is 22.4 Å². The maximum absolute atomic E-state index is 12.0. The van der Waals surface area contributed by atoms with Gasteiger partial charge in [-0.25, -0.2) is 0 Å². The number of rotatable bonds is 4. The molecule has 1 saturated carbocycles. The molecular weight excluding hydrogens is 356 g/mol. The van der Waals surface area contributed by atoms with E-state index in [1.165, 1.54) is 10.1 Å². The summed E-state index contributed by atoms with van der Waals surface area (Å²) in [6.45, 7) is 2.25. The van der Waals surface area contributed by atoms with Gasteiger partial charge in [0.15, 0.2) is 0 Å². The third-order valence-electron chi connectivity index (χ3n) is 5.46. The number of fused-ring (bicyclic) bond motifs is 1. The van der Waals surface area contributed by atoms with Crippen LogP contribution in [-0.2, 0) is 12.0 Å². The second-order valence-corrected chi connectivity index (χ2v) is 7.11. The van der Waals surface area contributed by atoms with Crippen molar-refractivity contribution in [1.29, 1.82) is 0 Å². The van der Waals surface area contributed by atoms with E-state index in [0.29, 0.717) is 29.3 Å². The van der Waals surface area contributed by atoms with Gasteiger partial charge in [-0.15, -0.1) is 0 Å². The van der Waals surface area contributed by atoms with E-state index in [-0.39, 0.29) is 5.41 Å². The monoisotopic (exact) mass is 374 g/mol. The van der Waals surface area contributed by atoms with Gasteiger partial charge in [-0.2, -0.15) is 4.98 Å². The Labute approximate surface area is 159 Å². The molecule has 1 aliphatic rings. The number of H-pyrrole nitrogens is 1. The van der Waals surface area contributed by atoms with Crippen LogP contribution in [0.4, 0.5) is 0 Å². The SMILES string of the molecule is CCn1c(=O)c(=O)[nH]c2cc(-c3noc(C4(c5ccccc5)CC4)n3)ccc21. The fourth-order valence-corrected chi connectivity index (χ4v) is 3.78. The molecule has 0 aliphatic heterocycles. The molecule has 4 aromatic rings. The molecule has 1 aliphatic carbocycles. The maximum atomic E-state index is 12.0. The third-order valence-corrected chi connectivity index (χ3v) is 5.46. The van der Waals surface area contributed by atoms with Crippen LogP contribution >= 0.6 is 0 Å². The molecule has 2 aromatic carbocycles. The summed E-state index contributed by atoms with van der Waals surface area (Å²) in [5.41, 5.74) is 1.76. The second kappa shape index (κ2) is 6.02. The molecule has 7 nitrogen and oxygen atoms in total. The van der Waals surface area contributed by atoms with Crippen molar-refractivity contribution >= 4 is 11.0 Å². The topological polar surface area (TPSA) is 93.8 Å². The number of hydrogen-bond acceptors (Lipinski definition) is 5. The van der Waals surface area contributed by atoms with Crippen LogP contribution in [-0.4, -0.2) is 19.7 Å². The first-order chi connectivity index (χ1) is 13.6. The smallest absolute Gasteiger partial charge is 0.316 e. The summed E-state index contributed by atoms with van der Waals surface area (Å²) < 4.78 is 7.06. The van der Waals surface area contributed by atoms with Gasteiger partial charge in [-0.1, -0.05) is 35.5 Å². The van der Waals surface area contributed by atoms with Crippen LogP contribution in [0.15, 0.2) is 62.6 Å². The average Bonchev–Trinajstić information content (AvgIpc) is 3.39. The number of aromatic nitrogens is 4. The highest BCUT2D eigenvalue weighted by Gasteiger charge is 2.50. The normalized spacial score (nSPS) is 15.0. The van der Waals surface area contributed by atoms with E-state index in [1.807, 2.05) is 31.2 Å². The van der Waals surface area contributed by atoms with E-state index in [0.717, 1.165) is 18.4 Å². The van der Waals surface area contributed by atoms with Crippen LogP contribution in [0.1, 0.15) is 31.2 Å². The minimum Gasteiger partial charge on any atom is -0.338 e. The highest BCUT2D eigenvalue weighted by atomic mass is 16.5. The number of hydrogen-bond donors (Lipinski definition) is 1.